The average molecular weight is 502 g/mol. The predicted octanol–water partition coefficient (Wildman–Crippen LogP) is 4.64. The first kappa shape index (κ1) is 27.3. The van der Waals surface area contributed by atoms with E-state index in [-0.39, 0.29) is 18.1 Å². The van der Waals surface area contributed by atoms with Gasteiger partial charge in [-0.05, 0) is 32.5 Å². The number of hydrogen-bond acceptors (Lipinski definition) is 6. The molecule has 2 heterocycles. The van der Waals surface area contributed by atoms with Gasteiger partial charge in [-0.1, -0.05) is 45.4 Å². The van der Waals surface area contributed by atoms with Gasteiger partial charge >= 0.3 is 0 Å². The number of benzene rings is 1. The van der Waals surface area contributed by atoms with E-state index >= 15 is 0 Å². The molecule has 0 aliphatic heterocycles. The second-order valence-electron chi connectivity index (χ2n) is 8.47. The van der Waals surface area contributed by atoms with Crippen molar-refractivity contribution in [3.8, 4) is 0 Å². The van der Waals surface area contributed by atoms with Crippen LogP contribution in [-0.2, 0) is 22.6 Å². The Kier molecular flexibility index (Phi) is 10.7. The summed E-state index contributed by atoms with van der Waals surface area (Å²) in [5, 5.41) is 4.67. The lowest BCUT2D eigenvalue weighted by Crippen LogP contribution is -2.34. The molecular weight excluding hydrogens is 462 g/mol. The molecule has 0 bridgehead atoms. The minimum absolute atomic E-state index is 0.0472. The lowest BCUT2D eigenvalue weighted by atomic mass is 10.1. The number of likely N-dealkylation sites (N-methyl/N-ethyl adjacent to an activating group) is 1. The highest BCUT2D eigenvalue weighted by Crippen LogP contribution is 2.35. The molecule has 35 heavy (non-hydrogen) atoms. The van der Waals surface area contributed by atoms with Crippen LogP contribution in [0.3, 0.4) is 0 Å². The standard InChI is InChI=1S/C27H39N3O4S/c1-5-9-15-30-22-13-11-10-12-20(22)24-23(27(30)32)21(19-34-18-17-33-8-4)25(35-24)26(31)28-14-16-29(6-2)7-3/h10-13H,5-9,14-19H2,1-4H3,(H,28,31). The van der Waals surface area contributed by atoms with Crippen molar-refractivity contribution in [2.45, 2.75) is 53.7 Å². The summed E-state index contributed by atoms with van der Waals surface area (Å²) < 4.78 is 14.0. The first-order valence-electron chi connectivity index (χ1n) is 12.8. The Morgan fingerprint density at radius 1 is 1.09 bits per heavy atom. The quantitative estimate of drug-likeness (QED) is 0.307. The number of amides is 1. The molecule has 1 N–H and O–H groups in total. The van der Waals surface area contributed by atoms with E-state index in [1.165, 1.54) is 11.3 Å². The fraction of sp³-hybridized carbons (Fsp3) is 0.556. The number of hydrogen-bond donors (Lipinski definition) is 1. The van der Waals surface area contributed by atoms with Crippen molar-refractivity contribution < 1.29 is 14.3 Å². The van der Waals surface area contributed by atoms with Gasteiger partial charge in [0.1, 0.15) is 0 Å². The summed E-state index contributed by atoms with van der Waals surface area (Å²) in [6.45, 7) is 13.9. The highest BCUT2D eigenvalue weighted by Gasteiger charge is 2.24. The molecule has 0 spiro atoms. The van der Waals surface area contributed by atoms with Gasteiger partial charge in [0.2, 0.25) is 0 Å². The number of thiophene rings is 1. The largest absolute Gasteiger partial charge is 0.379 e. The van der Waals surface area contributed by atoms with Crippen LogP contribution in [0.5, 0.6) is 0 Å². The Morgan fingerprint density at radius 2 is 1.83 bits per heavy atom. The molecule has 192 valence electrons. The lowest BCUT2D eigenvalue weighted by molar-refractivity contribution is 0.0454. The molecule has 0 saturated heterocycles. The van der Waals surface area contributed by atoms with Crippen molar-refractivity contribution in [3.63, 3.8) is 0 Å². The van der Waals surface area contributed by atoms with Crippen molar-refractivity contribution in [3.05, 3.63) is 45.1 Å². The number of ether oxygens (including phenoxy) is 2. The van der Waals surface area contributed by atoms with Gasteiger partial charge in [-0.2, -0.15) is 0 Å². The molecule has 2 aromatic heterocycles. The maximum atomic E-state index is 13.8. The van der Waals surface area contributed by atoms with Crippen molar-refractivity contribution >= 4 is 38.2 Å². The van der Waals surface area contributed by atoms with Crippen LogP contribution in [-0.4, -0.2) is 61.4 Å². The van der Waals surface area contributed by atoms with Gasteiger partial charge in [-0.15, -0.1) is 11.3 Å². The second-order valence-corrected chi connectivity index (χ2v) is 9.49. The fourth-order valence-corrected chi connectivity index (χ4v) is 5.52. The van der Waals surface area contributed by atoms with Crippen LogP contribution in [0.2, 0.25) is 0 Å². The number of fused-ring (bicyclic) bond motifs is 3. The van der Waals surface area contributed by atoms with Crippen molar-refractivity contribution in [2.24, 2.45) is 0 Å². The number of para-hydroxylation sites is 1. The summed E-state index contributed by atoms with van der Waals surface area (Å²) in [5.41, 5.74) is 1.55. The van der Waals surface area contributed by atoms with Crippen LogP contribution >= 0.6 is 11.3 Å². The topological polar surface area (TPSA) is 72.8 Å². The minimum atomic E-state index is -0.148. The Hall–Kier alpha value is -2.26. The molecule has 3 aromatic rings. The average Bonchev–Trinajstić information content (AvgIpc) is 3.26. The molecule has 0 aliphatic carbocycles. The number of pyridine rings is 1. The van der Waals surface area contributed by atoms with Gasteiger partial charge in [0, 0.05) is 37.2 Å². The van der Waals surface area contributed by atoms with E-state index in [4.69, 9.17) is 9.47 Å². The van der Waals surface area contributed by atoms with Gasteiger partial charge in [0.25, 0.3) is 11.5 Å². The number of nitrogens with zero attached hydrogens (tertiary/aromatic N) is 2. The minimum Gasteiger partial charge on any atom is -0.379 e. The Morgan fingerprint density at radius 3 is 2.54 bits per heavy atom. The first-order valence-corrected chi connectivity index (χ1v) is 13.6. The van der Waals surface area contributed by atoms with Crippen LogP contribution in [0.1, 0.15) is 55.8 Å². The zero-order valence-corrected chi connectivity index (χ0v) is 22.3. The van der Waals surface area contributed by atoms with E-state index < -0.39 is 0 Å². The molecule has 0 aliphatic rings. The highest BCUT2D eigenvalue weighted by molar-refractivity contribution is 7.22. The summed E-state index contributed by atoms with van der Waals surface area (Å²) in [4.78, 5) is 29.9. The SMILES string of the molecule is CCCCn1c(=O)c2c(COCCOCC)c(C(=O)NCCN(CC)CC)sc2c2ccccc21. The Balaban J connectivity index is 2.05. The number of nitrogens with one attached hydrogen (secondary N) is 1. The smallest absolute Gasteiger partial charge is 0.261 e. The summed E-state index contributed by atoms with van der Waals surface area (Å²) in [7, 11) is 0. The molecule has 0 saturated carbocycles. The molecule has 8 heteroatoms. The van der Waals surface area contributed by atoms with Gasteiger partial charge in [0.15, 0.2) is 0 Å². The molecule has 1 amide bonds. The van der Waals surface area contributed by atoms with E-state index in [0.29, 0.717) is 48.7 Å². The molecule has 7 nitrogen and oxygen atoms in total. The Bertz CT molecular complexity index is 1170. The number of aromatic nitrogens is 1. The summed E-state index contributed by atoms with van der Waals surface area (Å²) in [5.74, 6) is -0.148. The number of aryl methyl sites for hydroxylation is 1. The van der Waals surface area contributed by atoms with Gasteiger partial charge in [-0.3, -0.25) is 9.59 Å². The number of rotatable bonds is 15. The number of carbonyl (C=O) groups is 1. The van der Waals surface area contributed by atoms with E-state index in [0.717, 1.165) is 48.1 Å². The molecule has 0 unspecified atom stereocenters. The summed E-state index contributed by atoms with van der Waals surface area (Å²) >= 11 is 1.40. The van der Waals surface area contributed by atoms with Gasteiger partial charge < -0.3 is 24.3 Å². The van der Waals surface area contributed by atoms with E-state index in [1.807, 2.05) is 35.8 Å². The third-order valence-corrected chi connectivity index (χ3v) is 7.54. The molecule has 0 atom stereocenters. The third kappa shape index (κ3) is 6.50. The monoisotopic (exact) mass is 501 g/mol. The fourth-order valence-electron chi connectivity index (χ4n) is 4.27. The second kappa shape index (κ2) is 13.7. The molecule has 1 aromatic carbocycles. The first-order chi connectivity index (χ1) is 17.1. The van der Waals surface area contributed by atoms with Crippen LogP contribution in [0.15, 0.2) is 29.1 Å². The summed E-state index contributed by atoms with van der Waals surface area (Å²) in [6.07, 6.45) is 1.91. The number of unbranched alkanes of at least 4 members (excludes halogenated alkanes) is 1. The molecular formula is C27H39N3O4S. The van der Waals surface area contributed by atoms with Crippen molar-refractivity contribution in [1.82, 2.24) is 14.8 Å². The van der Waals surface area contributed by atoms with E-state index in [1.54, 1.807) is 0 Å². The molecule has 0 radical (unpaired) electrons. The lowest BCUT2D eigenvalue weighted by Gasteiger charge is -2.18. The maximum Gasteiger partial charge on any atom is 0.261 e. The molecule has 3 rings (SSSR count). The Labute approximate surface area is 212 Å². The molecule has 0 fully saturated rings. The van der Waals surface area contributed by atoms with Gasteiger partial charge in [-0.25, -0.2) is 0 Å². The zero-order valence-electron chi connectivity index (χ0n) is 21.5. The normalized spacial score (nSPS) is 11.7. The third-order valence-electron chi connectivity index (χ3n) is 6.28. The predicted molar refractivity (Wildman–Crippen MR) is 145 cm³/mol. The van der Waals surface area contributed by atoms with Crippen molar-refractivity contribution in [2.75, 3.05) is 46.0 Å². The van der Waals surface area contributed by atoms with E-state index in [9.17, 15) is 9.59 Å². The van der Waals surface area contributed by atoms with Crippen LogP contribution in [0.25, 0.3) is 21.0 Å². The van der Waals surface area contributed by atoms with E-state index in [2.05, 4.69) is 31.0 Å². The number of carbonyl (C=O) groups excluding carboxylic acids is 1. The highest BCUT2D eigenvalue weighted by atomic mass is 32.1. The maximum absolute atomic E-state index is 13.8. The van der Waals surface area contributed by atoms with Gasteiger partial charge in [0.05, 0.1) is 40.3 Å². The van der Waals surface area contributed by atoms with Crippen LogP contribution in [0, 0.1) is 0 Å². The zero-order chi connectivity index (χ0) is 25.2. The van der Waals surface area contributed by atoms with Crippen molar-refractivity contribution in [1.29, 1.82) is 0 Å². The van der Waals surface area contributed by atoms with Crippen LogP contribution in [0.4, 0.5) is 0 Å². The van der Waals surface area contributed by atoms with Crippen LogP contribution < -0.4 is 10.9 Å². The summed E-state index contributed by atoms with van der Waals surface area (Å²) in [6, 6.07) is 7.98.